The number of nitrogens with one attached hydrogen (secondary N) is 1. The minimum atomic E-state index is -0.528. The van der Waals surface area contributed by atoms with Gasteiger partial charge in [0.25, 0.3) is 5.56 Å². The molecule has 0 fully saturated rings. The van der Waals surface area contributed by atoms with Gasteiger partial charge in [0.15, 0.2) is 0 Å². The Kier molecular flexibility index (Phi) is 3.09. The predicted octanol–water partition coefficient (Wildman–Crippen LogP) is 1.01. The van der Waals surface area contributed by atoms with E-state index in [1.165, 1.54) is 17.9 Å². The monoisotopic (exact) mass is 232 g/mol. The maximum atomic E-state index is 11.4. The van der Waals surface area contributed by atoms with Crippen LogP contribution < -0.4 is 5.56 Å². The highest BCUT2D eigenvalue weighted by Crippen LogP contribution is 2.04. The smallest absolute Gasteiger partial charge is 0.356 e. The number of methoxy groups -OCH3 is 1. The molecule has 0 saturated carbocycles. The van der Waals surface area contributed by atoms with E-state index < -0.39 is 5.97 Å². The Labute approximate surface area is 97.6 Å². The number of hydrogen-bond acceptors (Lipinski definition) is 3. The molecule has 1 N–H and O–H groups in total. The van der Waals surface area contributed by atoms with Crippen LogP contribution in [0.4, 0.5) is 0 Å². The van der Waals surface area contributed by atoms with Crippen LogP contribution in [0.5, 0.6) is 0 Å². The molecule has 0 amide bonds. The number of carbonyl (C=O) groups is 1. The van der Waals surface area contributed by atoms with Gasteiger partial charge in [0, 0.05) is 6.07 Å². The summed E-state index contributed by atoms with van der Waals surface area (Å²) in [7, 11) is 1.28. The Morgan fingerprint density at radius 1 is 1.35 bits per heavy atom. The van der Waals surface area contributed by atoms with Gasteiger partial charge in [-0.15, -0.1) is 0 Å². The Bertz CT molecular complexity index is 569. The van der Waals surface area contributed by atoms with Gasteiger partial charge >= 0.3 is 5.97 Å². The first-order chi connectivity index (χ1) is 8.20. The molecule has 0 spiro atoms. The van der Waals surface area contributed by atoms with Gasteiger partial charge in [-0.05, 0) is 5.56 Å². The summed E-state index contributed by atoms with van der Waals surface area (Å²) in [6.07, 6.45) is 0. The highest BCUT2D eigenvalue weighted by atomic mass is 16.5. The fourth-order valence-electron chi connectivity index (χ4n) is 1.59. The molecule has 0 aliphatic rings. The van der Waals surface area contributed by atoms with Crippen molar-refractivity contribution in [3.63, 3.8) is 0 Å². The third-order valence-corrected chi connectivity index (χ3v) is 2.38. The van der Waals surface area contributed by atoms with Gasteiger partial charge in [0.1, 0.15) is 5.69 Å². The van der Waals surface area contributed by atoms with E-state index in [1.807, 2.05) is 30.3 Å². The van der Waals surface area contributed by atoms with Gasteiger partial charge in [0.05, 0.1) is 13.7 Å². The number of esters is 1. The Morgan fingerprint density at radius 2 is 2.06 bits per heavy atom. The van der Waals surface area contributed by atoms with Crippen molar-refractivity contribution in [2.24, 2.45) is 0 Å². The first kappa shape index (κ1) is 11.2. The molecule has 0 aliphatic carbocycles. The number of aromatic nitrogens is 2. The molecule has 0 radical (unpaired) electrons. The van der Waals surface area contributed by atoms with Crippen molar-refractivity contribution in [3.05, 3.63) is 58.0 Å². The minimum absolute atomic E-state index is 0.223. The third kappa shape index (κ3) is 2.44. The summed E-state index contributed by atoms with van der Waals surface area (Å²) in [5.74, 6) is -0.528. The van der Waals surface area contributed by atoms with E-state index in [2.05, 4.69) is 9.84 Å². The highest BCUT2D eigenvalue weighted by Gasteiger charge is 2.13. The summed E-state index contributed by atoms with van der Waals surface area (Å²) >= 11 is 0. The normalized spacial score (nSPS) is 10.2. The average Bonchev–Trinajstić information content (AvgIpc) is 2.70. The second-order valence-electron chi connectivity index (χ2n) is 3.57. The molecule has 88 valence electrons. The zero-order valence-corrected chi connectivity index (χ0v) is 9.34. The Balaban J connectivity index is 2.33. The molecule has 2 rings (SSSR count). The molecule has 2 aromatic rings. The van der Waals surface area contributed by atoms with Crippen molar-refractivity contribution in [2.45, 2.75) is 6.54 Å². The van der Waals surface area contributed by atoms with E-state index in [9.17, 15) is 9.59 Å². The summed E-state index contributed by atoms with van der Waals surface area (Å²) in [5.41, 5.74) is 0.896. The van der Waals surface area contributed by atoms with Gasteiger partial charge in [0.2, 0.25) is 0 Å². The van der Waals surface area contributed by atoms with Crippen LogP contribution in [0.15, 0.2) is 41.2 Å². The number of aromatic amines is 1. The van der Waals surface area contributed by atoms with Gasteiger partial charge in [-0.2, -0.15) is 0 Å². The number of rotatable bonds is 3. The fourth-order valence-corrected chi connectivity index (χ4v) is 1.59. The predicted molar refractivity (Wildman–Crippen MR) is 61.9 cm³/mol. The molecule has 1 aromatic heterocycles. The van der Waals surface area contributed by atoms with Crippen molar-refractivity contribution >= 4 is 5.97 Å². The molecule has 0 atom stereocenters. The molecular formula is C12H12N2O3. The van der Waals surface area contributed by atoms with Crippen LogP contribution in [0.1, 0.15) is 16.1 Å². The number of nitrogens with zero attached hydrogens (tertiary/aromatic N) is 1. The maximum Gasteiger partial charge on any atom is 0.356 e. The number of H-pyrrole nitrogens is 1. The molecule has 0 bridgehead atoms. The molecule has 0 saturated heterocycles. The molecule has 1 aromatic carbocycles. The first-order valence-corrected chi connectivity index (χ1v) is 5.13. The SMILES string of the molecule is COC(=O)c1cc(=O)[nH]n1Cc1ccccc1. The second-order valence-corrected chi connectivity index (χ2v) is 3.57. The summed E-state index contributed by atoms with van der Waals surface area (Å²) < 4.78 is 6.08. The molecule has 5 heteroatoms. The molecule has 0 aliphatic heterocycles. The van der Waals surface area contributed by atoms with Gasteiger partial charge in [-0.25, -0.2) is 4.79 Å². The van der Waals surface area contributed by atoms with Crippen LogP contribution in [0.2, 0.25) is 0 Å². The van der Waals surface area contributed by atoms with Crippen LogP contribution in [0, 0.1) is 0 Å². The summed E-state index contributed by atoms with van der Waals surface area (Å²) in [4.78, 5) is 22.7. The molecule has 5 nitrogen and oxygen atoms in total. The van der Waals surface area contributed by atoms with Crippen LogP contribution in [-0.4, -0.2) is 22.9 Å². The summed E-state index contributed by atoms with van der Waals surface area (Å²) in [5, 5.41) is 2.57. The van der Waals surface area contributed by atoms with Crippen molar-refractivity contribution in [2.75, 3.05) is 7.11 Å². The van der Waals surface area contributed by atoms with Crippen LogP contribution in [-0.2, 0) is 11.3 Å². The lowest BCUT2D eigenvalue weighted by Gasteiger charge is -2.06. The van der Waals surface area contributed by atoms with E-state index >= 15 is 0 Å². The first-order valence-electron chi connectivity index (χ1n) is 5.13. The average molecular weight is 232 g/mol. The quantitative estimate of drug-likeness (QED) is 0.803. The van der Waals surface area contributed by atoms with Crippen molar-refractivity contribution in [3.8, 4) is 0 Å². The van der Waals surface area contributed by atoms with Crippen molar-refractivity contribution in [1.82, 2.24) is 9.78 Å². The molecule has 17 heavy (non-hydrogen) atoms. The van der Waals surface area contributed by atoms with Crippen molar-refractivity contribution in [1.29, 1.82) is 0 Å². The van der Waals surface area contributed by atoms with E-state index in [4.69, 9.17) is 0 Å². The molecular weight excluding hydrogens is 220 g/mol. The topological polar surface area (TPSA) is 64.1 Å². The second kappa shape index (κ2) is 4.69. The standard InChI is InChI=1S/C12H12N2O3/c1-17-12(16)10-7-11(15)13-14(10)8-9-5-3-2-4-6-9/h2-7H,8H2,1H3,(H,13,15). The van der Waals surface area contributed by atoms with Gasteiger partial charge < -0.3 is 4.74 Å². The molecule has 0 unspecified atom stereocenters. The number of benzene rings is 1. The van der Waals surface area contributed by atoms with Crippen LogP contribution in [0.25, 0.3) is 0 Å². The number of ether oxygens (including phenoxy) is 1. The summed E-state index contributed by atoms with van der Waals surface area (Å²) in [6, 6.07) is 10.8. The zero-order valence-electron chi connectivity index (χ0n) is 9.34. The highest BCUT2D eigenvalue weighted by molar-refractivity contribution is 5.87. The fraction of sp³-hybridized carbons (Fsp3) is 0.167. The molecule has 1 heterocycles. The minimum Gasteiger partial charge on any atom is -0.464 e. The van der Waals surface area contributed by atoms with E-state index in [1.54, 1.807) is 0 Å². The maximum absolute atomic E-state index is 11.4. The van der Waals surface area contributed by atoms with Crippen LogP contribution in [0.3, 0.4) is 0 Å². The largest absolute Gasteiger partial charge is 0.464 e. The number of carbonyl (C=O) groups excluding carboxylic acids is 1. The third-order valence-electron chi connectivity index (χ3n) is 2.38. The lowest BCUT2D eigenvalue weighted by Crippen LogP contribution is -2.13. The summed E-state index contributed by atoms with van der Waals surface area (Å²) in [6.45, 7) is 0.424. The van der Waals surface area contributed by atoms with Crippen molar-refractivity contribution < 1.29 is 9.53 Å². The van der Waals surface area contributed by atoms with E-state index in [-0.39, 0.29) is 11.3 Å². The van der Waals surface area contributed by atoms with Gasteiger partial charge in [-0.3, -0.25) is 14.6 Å². The lowest BCUT2D eigenvalue weighted by atomic mass is 10.2. The lowest BCUT2D eigenvalue weighted by molar-refractivity contribution is 0.0587. The Hall–Kier alpha value is -2.30. The van der Waals surface area contributed by atoms with Gasteiger partial charge in [-0.1, -0.05) is 30.3 Å². The number of hydrogen-bond donors (Lipinski definition) is 1. The Morgan fingerprint density at radius 3 is 2.71 bits per heavy atom. The van der Waals surface area contributed by atoms with Crippen LogP contribution >= 0.6 is 0 Å². The zero-order chi connectivity index (χ0) is 12.3. The van der Waals surface area contributed by atoms with E-state index in [0.717, 1.165) is 5.56 Å². The van der Waals surface area contributed by atoms with E-state index in [0.29, 0.717) is 6.54 Å².